The third-order valence-corrected chi connectivity index (χ3v) is 3.65. The van der Waals surface area contributed by atoms with E-state index in [1.165, 1.54) is 7.11 Å². The molecule has 1 atom stereocenters. The van der Waals surface area contributed by atoms with Gasteiger partial charge in [0.15, 0.2) is 0 Å². The Morgan fingerprint density at radius 1 is 1.35 bits per heavy atom. The molecule has 0 saturated heterocycles. The van der Waals surface area contributed by atoms with Gasteiger partial charge in [0.1, 0.15) is 6.04 Å². The number of nitrogens with zero attached hydrogens (tertiary/aromatic N) is 2. The lowest BCUT2D eigenvalue weighted by atomic mass is 10.1. The minimum absolute atomic E-state index is 0.131. The van der Waals surface area contributed by atoms with E-state index in [4.69, 9.17) is 9.84 Å². The average Bonchev–Trinajstić information content (AvgIpc) is 2.70. The molecule has 0 aliphatic carbocycles. The van der Waals surface area contributed by atoms with Gasteiger partial charge in [0.25, 0.3) is 0 Å². The summed E-state index contributed by atoms with van der Waals surface area (Å²) in [5.74, 6) is -0.914. The van der Waals surface area contributed by atoms with E-state index in [0.29, 0.717) is 5.92 Å². The van der Waals surface area contributed by atoms with Crippen molar-refractivity contribution in [3.05, 3.63) is 17.0 Å². The maximum atomic E-state index is 12.2. The Morgan fingerprint density at radius 2 is 2.00 bits per heavy atom. The molecule has 1 heterocycles. The molecule has 7 nitrogen and oxygen atoms in total. The summed E-state index contributed by atoms with van der Waals surface area (Å²) < 4.78 is 6.78. The Bertz CT molecular complexity index is 552. The first-order chi connectivity index (χ1) is 10.8. The SMILES string of the molecule is COCCC(NC(=O)Cc1c(C)nn(CC(C)C)c1C)C(=O)O. The topological polar surface area (TPSA) is 93.5 Å². The number of hydrogen-bond acceptors (Lipinski definition) is 4. The van der Waals surface area contributed by atoms with Crippen LogP contribution in [0.3, 0.4) is 0 Å². The first kappa shape index (κ1) is 19.2. The third-order valence-electron chi connectivity index (χ3n) is 3.65. The van der Waals surface area contributed by atoms with Crippen LogP contribution in [0.1, 0.15) is 37.2 Å². The van der Waals surface area contributed by atoms with Crippen molar-refractivity contribution in [2.45, 2.75) is 53.1 Å². The Morgan fingerprint density at radius 3 is 2.52 bits per heavy atom. The summed E-state index contributed by atoms with van der Waals surface area (Å²) in [5, 5.41) is 16.2. The van der Waals surface area contributed by atoms with Gasteiger partial charge < -0.3 is 15.2 Å². The Labute approximate surface area is 137 Å². The fraction of sp³-hybridized carbons (Fsp3) is 0.688. The second kappa shape index (κ2) is 8.67. The highest BCUT2D eigenvalue weighted by Gasteiger charge is 2.21. The molecule has 0 aliphatic heterocycles. The molecule has 2 N–H and O–H groups in total. The fourth-order valence-corrected chi connectivity index (χ4v) is 2.41. The van der Waals surface area contributed by atoms with Gasteiger partial charge >= 0.3 is 5.97 Å². The van der Waals surface area contributed by atoms with E-state index in [1.807, 2.05) is 18.5 Å². The van der Waals surface area contributed by atoms with Crippen molar-refractivity contribution in [2.24, 2.45) is 5.92 Å². The maximum Gasteiger partial charge on any atom is 0.326 e. The first-order valence-corrected chi connectivity index (χ1v) is 7.80. The van der Waals surface area contributed by atoms with Crippen LogP contribution in [0, 0.1) is 19.8 Å². The predicted octanol–water partition coefficient (Wildman–Crippen LogP) is 1.30. The number of rotatable bonds is 9. The zero-order valence-corrected chi connectivity index (χ0v) is 14.5. The molecule has 1 rings (SSSR count). The molecular weight excluding hydrogens is 298 g/mol. The van der Waals surface area contributed by atoms with E-state index >= 15 is 0 Å². The summed E-state index contributed by atoms with van der Waals surface area (Å²) in [6.07, 6.45) is 0.370. The minimum Gasteiger partial charge on any atom is -0.480 e. The number of methoxy groups -OCH3 is 1. The van der Waals surface area contributed by atoms with Gasteiger partial charge in [-0.1, -0.05) is 13.8 Å². The summed E-state index contributed by atoms with van der Waals surface area (Å²) in [4.78, 5) is 23.3. The molecule has 1 aromatic heterocycles. The van der Waals surface area contributed by atoms with Gasteiger partial charge in [-0.2, -0.15) is 5.10 Å². The van der Waals surface area contributed by atoms with E-state index in [0.717, 1.165) is 23.5 Å². The van der Waals surface area contributed by atoms with Crippen molar-refractivity contribution in [3.63, 3.8) is 0 Å². The quantitative estimate of drug-likeness (QED) is 0.714. The summed E-state index contributed by atoms with van der Waals surface area (Å²) in [6.45, 7) is 9.09. The highest BCUT2D eigenvalue weighted by atomic mass is 16.5. The van der Waals surface area contributed by atoms with E-state index in [9.17, 15) is 9.59 Å². The minimum atomic E-state index is -1.06. The van der Waals surface area contributed by atoms with Gasteiger partial charge in [-0.15, -0.1) is 0 Å². The Kier molecular flexibility index (Phi) is 7.22. The Hall–Kier alpha value is -1.89. The second-order valence-electron chi connectivity index (χ2n) is 6.14. The van der Waals surface area contributed by atoms with E-state index in [-0.39, 0.29) is 25.4 Å². The summed E-state index contributed by atoms with van der Waals surface area (Å²) in [5.41, 5.74) is 2.62. The zero-order chi connectivity index (χ0) is 17.6. The number of carbonyl (C=O) groups excluding carboxylic acids is 1. The lowest BCUT2D eigenvalue weighted by Crippen LogP contribution is -2.42. The lowest BCUT2D eigenvalue weighted by molar-refractivity contribution is -0.142. The van der Waals surface area contributed by atoms with E-state index < -0.39 is 12.0 Å². The molecule has 1 unspecified atom stereocenters. The van der Waals surface area contributed by atoms with Gasteiger partial charge in [-0.25, -0.2) is 4.79 Å². The number of ether oxygens (including phenoxy) is 1. The largest absolute Gasteiger partial charge is 0.480 e. The monoisotopic (exact) mass is 325 g/mol. The number of aliphatic carboxylic acids is 1. The van der Waals surface area contributed by atoms with Crippen LogP contribution in [0.15, 0.2) is 0 Å². The number of nitrogens with one attached hydrogen (secondary N) is 1. The maximum absolute atomic E-state index is 12.2. The van der Waals surface area contributed by atoms with Crippen LogP contribution >= 0.6 is 0 Å². The van der Waals surface area contributed by atoms with E-state index in [2.05, 4.69) is 24.3 Å². The molecule has 0 fully saturated rings. The number of carboxylic acid groups (broad SMARTS) is 1. The molecule has 0 aromatic carbocycles. The van der Waals surface area contributed by atoms with Gasteiger partial charge in [0, 0.05) is 37.9 Å². The van der Waals surface area contributed by atoms with Gasteiger partial charge in [0.05, 0.1) is 12.1 Å². The number of hydrogen-bond donors (Lipinski definition) is 2. The smallest absolute Gasteiger partial charge is 0.326 e. The first-order valence-electron chi connectivity index (χ1n) is 7.80. The van der Waals surface area contributed by atoms with Crippen molar-refractivity contribution >= 4 is 11.9 Å². The highest BCUT2D eigenvalue weighted by molar-refractivity contribution is 5.85. The molecule has 0 aliphatic rings. The van der Waals surface area contributed by atoms with Crippen molar-refractivity contribution in [3.8, 4) is 0 Å². The van der Waals surface area contributed by atoms with Crippen LogP contribution in [0.5, 0.6) is 0 Å². The average molecular weight is 325 g/mol. The molecule has 1 amide bonds. The molecule has 130 valence electrons. The number of amides is 1. The molecule has 0 saturated carbocycles. The molecule has 0 spiro atoms. The van der Waals surface area contributed by atoms with Crippen molar-refractivity contribution in [2.75, 3.05) is 13.7 Å². The molecule has 0 radical (unpaired) electrons. The van der Waals surface area contributed by atoms with Crippen LogP contribution in [0.25, 0.3) is 0 Å². The summed E-state index contributed by atoms with van der Waals surface area (Å²) in [7, 11) is 1.50. The van der Waals surface area contributed by atoms with Crippen LogP contribution in [-0.4, -0.2) is 46.5 Å². The fourth-order valence-electron chi connectivity index (χ4n) is 2.41. The van der Waals surface area contributed by atoms with Crippen molar-refractivity contribution < 1.29 is 19.4 Å². The highest BCUT2D eigenvalue weighted by Crippen LogP contribution is 2.15. The molecule has 0 bridgehead atoms. The molecular formula is C16H27N3O4. The van der Waals surface area contributed by atoms with Crippen LogP contribution in [-0.2, 0) is 27.3 Å². The van der Waals surface area contributed by atoms with Crippen LogP contribution < -0.4 is 5.32 Å². The summed E-state index contributed by atoms with van der Waals surface area (Å²) >= 11 is 0. The molecule has 7 heteroatoms. The van der Waals surface area contributed by atoms with Crippen LogP contribution in [0.4, 0.5) is 0 Å². The van der Waals surface area contributed by atoms with Crippen molar-refractivity contribution in [1.82, 2.24) is 15.1 Å². The van der Waals surface area contributed by atoms with Gasteiger partial charge in [-0.05, 0) is 19.8 Å². The van der Waals surface area contributed by atoms with E-state index in [1.54, 1.807) is 0 Å². The molecule has 23 heavy (non-hydrogen) atoms. The number of carbonyl (C=O) groups is 2. The second-order valence-corrected chi connectivity index (χ2v) is 6.14. The molecule has 1 aromatic rings. The third kappa shape index (κ3) is 5.67. The van der Waals surface area contributed by atoms with Gasteiger partial charge in [0.2, 0.25) is 5.91 Å². The predicted molar refractivity (Wildman–Crippen MR) is 86.3 cm³/mol. The number of aromatic nitrogens is 2. The lowest BCUT2D eigenvalue weighted by Gasteiger charge is -2.14. The van der Waals surface area contributed by atoms with Crippen molar-refractivity contribution in [1.29, 1.82) is 0 Å². The van der Waals surface area contributed by atoms with Gasteiger partial charge in [-0.3, -0.25) is 9.48 Å². The standard InChI is InChI=1S/C16H27N3O4/c1-10(2)9-19-12(4)13(11(3)18-19)8-15(20)17-14(16(21)22)6-7-23-5/h10,14H,6-9H2,1-5H3,(H,17,20)(H,21,22). The zero-order valence-electron chi connectivity index (χ0n) is 14.5. The summed E-state index contributed by atoms with van der Waals surface area (Å²) in [6, 6.07) is -0.936. The normalized spacial score (nSPS) is 12.4. The Balaban J connectivity index is 2.76. The number of aryl methyl sites for hydroxylation is 1. The van der Waals surface area contributed by atoms with Crippen LogP contribution in [0.2, 0.25) is 0 Å². The number of carboxylic acids is 1.